The zero-order chi connectivity index (χ0) is 19.3. The van der Waals surface area contributed by atoms with Gasteiger partial charge in [0.15, 0.2) is 10.9 Å². The van der Waals surface area contributed by atoms with Crippen LogP contribution in [0.1, 0.15) is 44.9 Å². The fourth-order valence-electron chi connectivity index (χ4n) is 3.90. The van der Waals surface area contributed by atoms with Gasteiger partial charge in [0.2, 0.25) is 0 Å². The summed E-state index contributed by atoms with van der Waals surface area (Å²) in [7, 11) is 0. The lowest BCUT2D eigenvalue weighted by atomic mass is 9.94. The number of nitrogens with one attached hydrogen (secondary N) is 3. The minimum absolute atomic E-state index is 0.116. The van der Waals surface area contributed by atoms with Crippen LogP contribution in [0, 0.1) is 6.92 Å². The topological polar surface area (TPSA) is 90.6 Å². The summed E-state index contributed by atoms with van der Waals surface area (Å²) < 4.78 is 0. The molecule has 1 aromatic carbocycles. The van der Waals surface area contributed by atoms with E-state index in [0.717, 1.165) is 46.3 Å². The number of hydrogen-bond donors (Lipinski definition) is 3. The smallest absolute Gasteiger partial charge is 0.274 e. The van der Waals surface area contributed by atoms with Gasteiger partial charge in [0.05, 0.1) is 5.69 Å². The van der Waals surface area contributed by atoms with E-state index in [1.165, 1.54) is 11.3 Å². The minimum Gasteiger partial charge on any atom is -0.360 e. The van der Waals surface area contributed by atoms with Gasteiger partial charge in [-0.2, -0.15) is 0 Å². The Morgan fingerprint density at radius 3 is 2.96 bits per heavy atom. The Bertz CT molecular complexity index is 1230. The molecule has 5 rings (SSSR count). The lowest BCUT2D eigenvalue weighted by molar-refractivity contribution is 0.0971. The van der Waals surface area contributed by atoms with Gasteiger partial charge in [0, 0.05) is 45.7 Å². The van der Waals surface area contributed by atoms with E-state index in [2.05, 4.69) is 20.3 Å². The summed E-state index contributed by atoms with van der Waals surface area (Å²) >= 11 is 1.38. The van der Waals surface area contributed by atoms with E-state index in [-0.39, 0.29) is 11.7 Å². The first kappa shape index (κ1) is 16.9. The lowest BCUT2D eigenvalue weighted by Crippen LogP contribution is -2.13. The molecule has 1 aliphatic carbocycles. The Kier molecular flexibility index (Phi) is 3.91. The predicted octanol–water partition coefficient (Wildman–Crippen LogP) is 4.70. The van der Waals surface area contributed by atoms with E-state index in [0.29, 0.717) is 22.8 Å². The molecule has 0 spiro atoms. The van der Waals surface area contributed by atoms with Crippen molar-refractivity contribution in [1.82, 2.24) is 15.0 Å². The van der Waals surface area contributed by atoms with Crippen molar-refractivity contribution in [2.75, 3.05) is 5.32 Å². The second-order valence-corrected chi connectivity index (χ2v) is 7.85. The van der Waals surface area contributed by atoms with Crippen molar-refractivity contribution in [3.63, 3.8) is 0 Å². The number of benzene rings is 1. The quantitative estimate of drug-likeness (QED) is 0.474. The van der Waals surface area contributed by atoms with Gasteiger partial charge in [-0.3, -0.25) is 14.9 Å². The molecular weight excluding hydrogens is 372 g/mol. The first-order valence-electron chi connectivity index (χ1n) is 9.20. The van der Waals surface area contributed by atoms with Gasteiger partial charge in [0.25, 0.3) is 5.91 Å². The van der Waals surface area contributed by atoms with Crippen molar-refractivity contribution in [2.45, 2.75) is 26.2 Å². The number of Topliss-reactive ketones (excluding diaryl/α,β-unsaturated/α-hetero) is 1. The Morgan fingerprint density at radius 2 is 2.11 bits per heavy atom. The number of aromatic nitrogens is 3. The number of H-pyrrole nitrogens is 2. The van der Waals surface area contributed by atoms with Crippen molar-refractivity contribution >= 4 is 39.1 Å². The van der Waals surface area contributed by atoms with Gasteiger partial charge in [-0.15, -0.1) is 11.3 Å². The average molecular weight is 390 g/mol. The molecule has 3 aromatic heterocycles. The molecule has 4 aromatic rings. The molecule has 0 fully saturated rings. The third kappa shape index (κ3) is 2.66. The molecular formula is C21H18N4O2S. The van der Waals surface area contributed by atoms with Crippen LogP contribution >= 0.6 is 11.3 Å². The minimum atomic E-state index is -0.264. The molecule has 3 heterocycles. The Hall–Kier alpha value is -3.19. The highest BCUT2D eigenvalue weighted by Crippen LogP contribution is 2.32. The van der Waals surface area contributed by atoms with Gasteiger partial charge in [0.1, 0.15) is 5.69 Å². The summed E-state index contributed by atoms with van der Waals surface area (Å²) in [4.78, 5) is 35.9. The maximum atomic E-state index is 12.8. The van der Waals surface area contributed by atoms with E-state index < -0.39 is 0 Å². The summed E-state index contributed by atoms with van der Waals surface area (Å²) in [5.41, 5.74) is 5.61. The first-order chi connectivity index (χ1) is 13.6. The molecule has 0 unspecified atom stereocenters. The average Bonchev–Trinajstić information content (AvgIpc) is 3.39. The highest BCUT2D eigenvalue weighted by molar-refractivity contribution is 7.14. The van der Waals surface area contributed by atoms with Gasteiger partial charge >= 0.3 is 0 Å². The third-order valence-electron chi connectivity index (χ3n) is 5.25. The molecule has 0 atom stereocenters. The van der Waals surface area contributed by atoms with Crippen LogP contribution in [0.4, 0.5) is 5.13 Å². The van der Waals surface area contributed by atoms with Crippen LogP contribution in [0.3, 0.4) is 0 Å². The maximum absolute atomic E-state index is 12.8. The molecule has 7 heteroatoms. The van der Waals surface area contributed by atoms with Crippen molar-refractivity contribution in [3.05, 3.63) is 58.4 Å². The van der Waals surface area contributed by atoms with E-state index in [9.17, 15) is 9.59 Å². The van der Waals surface area contributed by atoms with Gasteiger partial charge in [-0.1, -0.05) is 18.2 Å². The number of ketones is 1. The number of hydrogen-bond acceptors (Lipinski definition) is 4. The van der Waals surface area contributed by atoms with E-state index in [1.807, 2.05) is 42.8 Å². The van der Waals surface area contributed by atoms with E-state index >= 15 is 0 Å². The SMILES string of the molecule is Cc1c(C(=O)Nc2nc(-c3c[nH]c4ccccc34)cs2)[nH]c2c1C(=O)CCC2. The second kappa shape index (κ2) is 6.45. The third-order valence-corrected chi connectivity index (χ3v) is 6.01. The number of rotatable bonds is 3. The number of anilines is 1. The lowest BCUT2D eigenvalue weighted by Gasteiger charge is -2.09. The molecule has 140 valence electrons. The largest absolute Gasteiger partial charge is 0.360 e. The fraction of sp³-hybridized carbons (Fsp3) is 0.190. The summed E-state index contributed by atoms with van der Waals surface area (Å²) in [6.45, 7) is 1.83. The maximum Gasteiger partial charge on any atom is 0.274 e. The number of amides is 1. The van der Waals surface area contributed by atoms with Crippen molar-refractivity contribution in [1.29, 1.82) is 0 Å². The summed E-state index contributed by atoms with van der Waals surface area (Å²) in [6, 6.07) is 8.04. The first-order valence-corrected chi connectivity index (χ1v) is 10.1. The van der Waals surface area contributed by atoms with Crippen molar-refractivity contribution in [3.8, 4) is 11.3 Å². The molecule has 3 N–H and O–H groups in total. The molecule has 0 saturated heterocycles. The monoisotopic (exact) mass is 390 g/mol. The summed E-state index contributed by atoms with van der Waals surface area (Å²) in [5, 5.41) is 6.43. The number of para-hydroxylation sites is 1. The molecule has 0 saturated carbocycles. The highest BCUT2D eigenvalue weighted by Gasteiger charge is 2.26. The van der Waals surface area contributed by atoms with Crippen molar-refractivity contribution in [2.24, 2.45) is 0 Å². The van der Waals surface area contributed by atoms with Crippen LogP contribution in [-0.2, 0) is 6.42 Å². The normalized spacial score (nSPS) is 13.7. The highest BCUT2D eigenvalue weighted by atomic mass is 32.1. The fourth-order valence-corrected chi connectivity index (χ4v) is 4.60. The van der Waals surface area contributed by atoms with Gasteiger partial charge in [-0.05, 0) is 31.4 Å². The number of carbonyl (C=O) groups is 2. The molecule has 6 nitrogen and oxygen atoms in total. The molecule has 1 amide bonds. The van der Waals surface area contributed by atoms with E-state index in [1.54, 1.807) is 0 Å². The van der Waals surface area contributed by atoms with E-state index in [4.69, 9.17) is 0 Å². The van der Waals surface area contributed by atoms with Crippen LogP contribution in [-0.4, -0.2) is 26.6 Å². The molecule has 28 heavy (non-hydrogen) atoms. The Balaban J connectivity index is 1.42. The standard InChI is InChI=1S/C21H18N4O2S/c1-11-18-15(7-4-8-17(18)26)23-19(11)20(27)25-21-24-16(10-28-21)13-9-22-14-6-3-2-5-12(13)14/h2-3,5-6,9-10,22-23H,4,7-8H2,1H3,(H,24,25,27). The summed E-state index contributed by atoms with van der Waals surface area (Å²) in [5.74, 6) is -0.149. The van der Waals surface area contributed by atoms with Crippen LogP contribution in [0.15, 0.2) is 35.8 Å². The van der Waals surface area contributed by atoms with Gasteiger partial charge in [-0.25, -0.2) is 4.98 Å². The number of aromatic amines is 2. The van der Waals surface area contributed by atoms with Gasteiger partial charge < -0.3 is 9.97 Å². The van der Waals surface area contributed by atoms with Crippen LogP contribution < -0.4 is 5.32 Å². The zero-order valence-corrected chi connectivity index (χ0v) is 16.1. The van der Waals surface area contributed by atoms with Crippen LogP contribution in [0.5, 0.6) is 0 Å². The molecule has 0 bridgehead atoms. The molecule has 1 aliphatic rings. The van der Waals surface area contributed by atoms with Crippen LogP contribution in [0.25, 0.3) is 22.2 Å². The van der Waals surface area contributed by atoms with Crippen molar-refractivity contribution < 1.29 is 9.59 Å². The second-order valence-electron chi connectivity index (χ2n) is 7.00. The zero-order valence-electron chi connectivity index (χ0n) is 15.3. The number of carbonyl (C=O) groups excluding carboxylic acids is 2. The number of fused-ring (bicyclic) bond motifs is 2. The summed E-state index contributed by atoms with van der Waals surface area (Å²) in [6.07, 6.45) is 4.11. The molecule has 0 aliphatic heterocycles. The predicted molar refractivity (Wildman–Crippen MR) is 110 cm³/mol. The Morgan fingerprint density at radius 1 is 1.25 bits per heavy atom. The number of aryl methyl sites for hydroxylation is 1. The molecule has 0 radical (unpaired) electrons. The Labute approximate surface area is 165 Å². The van der Waals surface area contributed by atoms with Crippen LogP contribution in [0.2, 0.25) is 0 Å². The number of nitrogens with zero attached hydrogens (tertiary/aromatic N) is 1. The number of thiazole rings is 1.